The van der Waals surface area contributed by atoms with Gasteiger partial charge in [-0.15, -0.1) is 22.1 Å². The molecule has 8 bridgehead atoms. The van der Waals surface area contributed by atoms with Crippen molar-refractivity contribution in [3.05, 3.63) is 69.3 Å². The molecule has 5 rings (SSSR count). The monoisotopic (exact) mass is 564 g/mol. The molecule has 0 N–H and O–H groups in total. The zero-order chi connectivity index (χ0) is 27.1. The maximum atomic E-state index is 11.3. The van der Waals surface area contributed by atoms with E-state index in [9.17, 15) is 19.8 Å². The van der Waals surface area contributed by atoms with Gasteiger partial charge in [0, 0.05) is 11.9 Å². The van der Waals surface area contributed by atoms with Crippen LogP contribution in [0.25, 0.3) is 45.4 Å². The molecule has 39 heavy (non-hydrogen) atoms. The van der Waals surface area contributed by atoms with Crippen molar-refractivity contribution in [1.29, 1.82) is 0 Å². The Bertz CT molecular complexity index is 1740. The number of carbonyl (C=O) groups is 2. The normalized spacial score (nSPS) is 12.5. The first-order valence-electron chi connectivity index (χ1n) is 12.5. The van der Waals surface area contributed by atoms with Gasteiger partial charge in [0.15, 0.2) is 0 Å². The van der Waals surface area contributed by atoms with Crippen LogP contribution in [0.15, 0.2) is 24.3 Å². The molecule has 0 atom stereocenters. The molecule has 0 aromatic carbocycles. The van der Waals surface area contributed by atoms with E-state index >= 15 is 0 Å². The molecule has 8 nitrogen and oxygen atoms in total. The van der Waals surface area contributed by atoms with Crippen LogP contribution in [-0.2, 0) is 39.5 Å². The largest absolute Gasteiger partial charge is 2.00 e. The average Bonchev–Trinajstić information content (AvgIpc) is 3.53. The molecule has 0 amide bonds. The Labute approximate surface area is 239 Å². The topological polar surface area (TPSA) is 134 Å². The van der Waals surface area contributed by atoms with Crippen molar-refractivity contribution >= 4 is 57.3 Å². The number of hydrogen-bond acceptors (Lipinski definition) is 6. The third-order valence-corrected chi connectivity index (χ3v) is 7.08. The van der Waals surface area contributed by atoms with Gasteiger partial charge in [0.25, 0.3) is 0 Å². The van der Waals surface area contributed by atoms with Gasteiger partial charge in [-0.05, 0) is 82.7 Å². The number of fused-ring (bicyclic) bond motifs is 8. The first-order valence-corrected chi connectivity index (χ1v) is 12.5. The molecule has 0 aliphatic carbocycles. The number of carboxylic acids is 2. The number of allylic oxidation sites excluding steroid dienone is 2. The number of carbonyl (C=O) groups excluding carboxylic acids is 2. The van der Waals surface area contributed by atoms with Crippen molar-refractivity contribution in [3.63, 3.8) is 0 Å². The van der Waals surface area contributed by atoms with Gasteiger partial charge in [-0.2, -0.15) is 0 Å². The summed E-state index contributed by atoms with van der Waals surface area (Å²) in [5.74, 6) is -2.28. The van der Waals surface area contributed by atoms with Crippen molar-refractivity contribution in [3.8, 4) is 0 Å². The molecular weight excluding hydrogens is 536 g/mol. The van der Waals surface area contributed by atoms with Gasteiger partial charge < -0.3 is 29.8 Å². The third kappa shape index (κ3) is 5.75. The Morgan fingerprint density at radius 1 is 0.692 bits per heavy atom. The van der Waals surface area contributed by atoms with Crippen LogP contribution in [-0.4, -0.2) is 21.9 Å². The van der Waals surface area contributed by atoms with Crippen LogP contribution in [0.2, 0.25) is 0 Å². The molecule has 200 valence electrons. The second-order valence-electron chi connectivity index (χ2n) is 9.79. The molecule has 0 radical (unpaired) electrons. The van der Waals surface area contributed by atoms with Crippen LogP contribution in [0, 0.1) is 13.8 Å². The van der Waals surface area contributed by atoms with Crippen LogP contribution in [0.1, 0.15) is 74.6 Å². The number of carboxylic acid groups (broad SMARTS) is 2. The molecule has 3 aromatic rings. The van der Waals surface area contributed by atoms with E-state index in [1.165, 1.54) is 0 Å². The van der Waals surface area contributed by atoms with E-state index in [4.69, 9.17) is 19.9 Å². The summed E-state index contributed by atoms with van der Waals surface area (Å²) in [6.45, 7) is 7.81. The summed E-state index contributed by atoms with van der Waals surface area (Å²) in [5.41, 5.74) is 11.0. The fourth-order valence-electron chi connectivity index (χ4n) is 4.95. The first-order chi connectivity index (χ1) is 18.1. The molecular formula is C30H28FeN4O4. The fraction of sp³-hybridized carbons (Fsp3) is 0.267. The number of hydrogen-bond donors (Lipinski definition) is 0. The van der Waals surface area contributed by atoms with Crippen LogP contribution < -0.4 is 20.2 Å². The predicted molar refractivity (Wildman–Crippen MR) is 144 cm³/mol. The molecule has 2 aliphatic rings. The van der Waals surface area contributed by atoms with E-state index in [2.05, 4.69) is 0 Å². The summed E-state index contributed by atoms with van der Waals surface area (Å²) in [6, 6.07) is 7.56. The third-order valence-electron chi connectivity index (χ3n) is 7.08. The van der Waals surface area contributed by atoms with E-state index in [1.54, 1.807) is 0 Å². The van der Waals surface area contributed by atoms with E-state index in [-0.39, 0.29) is 45.6 Å². The molecule has 5 heterocycles. The minimum Gasteiger partial charge on any atom is -0.657 e. The van der Waals surface area contributed by atoms with Gasteiger partial charge in [0.05, 0.1) is 22.8 Å². The van der Waals surface area contributed by atoms with Gasteiger partial charge in [0.1, 0.15) is 0 Å². The molecule has 0 fully saturated rings. The summed E-state index contributed by atoms with van der Waals surface area (Å²) in [4.78, 5) is 41.8. The zero-order valence-corrected chi connectivity index (χ0v) is 23.2. The van der Waals surface area contributed by atoms with Crippen molar-refractivity contribution < 1.29 is 39.7 Å². The Kier molecular flexibility index (Phi) is 7.95. The predicted octanol–water partition coefficient (Wildman–Crippen LogP) is 2.90. The minimum absolute atomic E-state index is 0. The van der Waals surface area contributed by atoms with Gasteiger partial charge >= 0.3 is 19.9 Å². The number of nitrogens with zero attached hydrogens (tertiary/aromatic N) is 4. The number of rotatable bonds is 6. The summed E-state index contributed by atoms with van der Waals surface area (Å²) in [7, 11) is 0. The summed E-state index contributed by atoms with van der Waals surface area (Å²) < 4.78 is 0. The summed E-state index contributed by atoms with van der Waals surface area (Å²) in [5, 5.41) is 22.6. The minimum atomic E-state index is -1.14. The molecule has 9 heteroatoms. The maximum absolute atomic E-state index is 11.3. The van der Waals surface area contributed by atoms with Crippen LogP contribution in [0.3, 0.4) is 0 Å². The van der Waals surface area contributed by atoms with Crippen LogP contribution in [0.5, 0.6) is 0 Å². The van der Waals surface area contributed by atoms with Crippen LogP contribution in [0.4, 0.5) is 0 Å². The summed E-state index contributed by atoms with van der Waals surface area (Å²) in [6.07, 6.45) is 4.19. The number of aryl methyl sites for hydroxylation is 4. The molecule has 0 saturated carbocycles. The average molecular weight is 564 g/mol. The maximum Gasteiger partial charge on any atom is 2.00 e. The number of aliphatic carboxylic acids is 2. The standard InChI is InChI=1S/C30H30N4O4.Fe/c1-15-9-20-12-25-17(3)21(5-7-29(35)36)27(33-25)14-28-22(6-8-30(37)38)18(4)26(34-28)13-24-16(2)10-19(32-24)11-23(15)31-20;/h9-14H,5-8H2,1-4H3,(H4,31,32,33,34,35,36,37,38);/q;+2/p-2. The molecule has 0 spiro atoms. The Balaban J connectivity index is 0.00000196. The Hall–Kier alpha value is -3.94. The van der Waals surface area contributed by atoms with Gasteiger partial charge in [-0.1, -0.05) is 40.5 Å². The van der Waals surface area contributed by atoms with Gasteiger partial charge in [0.2, 0.25) is 0 Å². The zero-order valence-electron chi connectivity index (χ0n) is 24.1. The van der Waals surface area contributed by atoms with E-state index in [0.717, 1.165) is 56.2 Å². The fourth-order valence-corrected chi connectivity index (χ4v) is 4.95. The Morgan fingerprint density at radius 3 is 1.62 bits per heavy atom. The second-order valence-corrected chi connectivity index (χ2v) is 9.79. The van der Waals surface area contributed by atoms with Crippen LogP contribution >= 0.6 is 0 Å². The van der Waals surface area contributed by atoms with Gasteiger partial charge in [-0.25, -0.2) is 9.97 Å². The van der Waals surface area contributed by atoms with Crippen molar-refractivity contribution in [1.82, 2.24) is 19.9 Å². The van der Waals surface area contributed by atoms with E-state index in [0.29, 0.717) is 22.1 Å². The van der Waals surface area contributed by atoms with Crippen molar-refractivity contribution in [2.24, 2.45) is 0 Å². The molecule has 0 saturated heterocycles. The SMILES string of the molecule is CC1=Cc2cc3[n-]c(cc4[n-]c(cc5nc(cc1n2)C=C5C)c(C)c4CCC(=O)[O-])c(CCC(=O)[O-])c3C.[Fe+2].[H+].[H+]. The summed E-state index contributed by atoms with van der Waals surface area (Å²) >= 11 is 0. The molecule has 0 unspecified atom stereocenters. The van der Waals surface area contributed by atoms with Crippen molar-refractivity contribution in [2.75, 3.05) is 0 Å². The Morgan fingerprint density at radius 2 is 1.13 bits per heavy atom. The first kappa shape index (κ1) is 28.1. The van der Waals surface area contributed by atoms with E-state index in [1.807, 2.05) is 64.1 Å². The quantitative estimate of drug-likeness (QED) is 0.418. The van der Waals surface area contributed by atoms with Gasteiger partial charge in [-0.3, -0.25) is 0 Å². The van der Waals surface area contributed by atoms with Crippen molar-refractivity contribution in [2.45, 2.75) is 53.4 Å². The second kappa shape index (κ2) is 11.0. The molecule has 3 aromatic heterocycles. The smallest absolute Gasteiger partial charge is 0.657 e. The molecule has 2 aliphatic heterocycles. The number of aromatic nitrogens is 4. The van der Waals surface area contributed by atoms with E-state index < -0.39 is 11.9 Å².